The van der Waals surface area contributed by atoms with E-state index in [4.69, 9.17) is 0 Å². The van der Waals surface area contributed by atoms with Gasteiger partial charge in [0.2, 0.25) is 0 Å². The lowest BCUT2D eigenvalue weighted by atomic mass is 10.2. The number of nitrogens with zero attached hydrogens (tertiary/aromatic N) is 3. The highest BCUT2D eigenvalue weighted by atomic mass is 15.2. The molecule has 0 atom stereocenters. The summed E-state index contributed by atoms with van der Waals surface area (Å²) in [5.74, 6) is 1.86. The molecule has 1 N–H and O–H groups in total. The van der Waals surface area contributed by atoms with Gasteiger partial charge in [-0.3, -0.25) is 0 Å². The van der Waals surface area contributed by atoms with Gasteiger partial charge in [-0.1, -0.05) is 12.1 Å². The Hall–Kier alpha value is -2.10. The van der Waals surface area contributed by atoms with Crippen LogP contribution in [0.4, 0.5) is 17.3 Å². The van der Waals surface area contributed by atoms with Crippen LogP contribution in [0.15, 0.2) is 36.7 Å². The van der Waals surface area contributed by atoms with Crippen LogP contribution in [0.5, 0.6) is 0 Å². The molecule has 0 saturated heterocycles. The molecular weight excluding hydrogens is 248 g/mol. The second kappa shape index (κ2) is 5.49. The van der Waals surface area contributed by atoms with E-state index >= 15 is 0 Å². The van der Waals surface area contributed by atoms with E-state index in [1.165, 1.54) is 24.1 Å². The van der Waals surface area contributed by atoms with Gasteiger partial charge in [0.25, 0.3) is 0 Å². The molecule has 0 radical (unpaired) electrons. The number of hydrogen-bond donors (Lipinski definition) is 1. The molecule has 1 fully saturated rings. The van der Waals surface area contributed by atoms with Gasteiger partial charge in [-0.2, -0.15) is 0 Å². The van der Waals surface area contributed by atoms with Crippen molar-refractivity contribution < 1.29 is 0 Å². The van der Waals surface area contributed by atoms with Crippen LogP contribution in [0.3, 0.4) is 0 Å². The largest absolute Gasteiger partial charge is 0.367 e. The Balaban J connectivity index is 1.88. The highest BCUT2D eigenvalue weighted by molar-refractivity contribution is 5.62. The summed E-state index contributed by atoms with van der Waals surface area (Å²) < 4.78 is 0. The molecule has 1 aliphatic rings. The maximum absolute atomic E-state index is 4.42. The lowest BCUT2D eigenvalue weighted by molar-refractivity contribution is 0.970. The standard InChI is InChI=1S/C16H20N4/c1-3-20(14-6-4-5-12(2)9-14)16-10-15(17-11-18-16)19-13-7-8-13/h4-6,9-11,13H,3,7-8H2,1-2H3,(H,17,18,19). The van der Waals surface area contributed by atoms with Gasteiger partial charge in [-0.25, -0.2) is 9.97 Å². The molecule has 0 amide bonds. The Kier molecular flexibility index (Phi) is 3.54. The van der Waals surface area contributed by atoms with Gasteiger partial charge < -0.3 is 10.2 Å². The van der Waals surface area contributed by atoms with Crippen LogP contribution >= 0.6 is 0 Å². The molecule has 104 valence electrons. The zero-order valence-corrected chi connectivity index (χ0v) is 12.0. The first-order valence-corrected chi connectivity index (χ1v) is 7.19. The number of rotatable bonds is 5. The van der Waals surface area contributed by atoms with Gasteiger partial charge in [-0.05, 0) is 44.4 Å². The SMILES string of the molecule is CCN(c1cccc(C)c1)c1cc(NC2CC2)ncn1. The van der Waals surface area contributed by atoms with E-state index in [9.17, 15) is 0 Å². The Labute approximate surface area is 119 Å². The molecule has 0 aliphatic heterocycles. The van der Waals surface area contributed by atoms with Crippen molar-refractivity contribution in [2.45, 2.75) is 32.7 Å². The predicted octanol–water partition coefficient (Wildman–Crippen LogP) is 3.52. The summed E-state index contributed by atoms with van der Waals surface area (Å²) in [6.45, 7) is 5.12. The third-order valence-corrected chi connectivity index (χ3v) is 3.49. The number of hydrogen-bond acceptors (Lipinski definition) is 4. The number of aryl methyl sites for hydroxylation is 1. The van der Waals surface area contributed by atoms with E-state index in [0.717, 1.165) is 18.2 Å². The van der Waals surface area contributed by atoms with Crippen molar-refractivity contribution in [2.75, 3.05) is 16.8 Å². The van der Waals surface area contributed by atoms with Gasteiger partial charge in [0.05, 0.1) is 0 Å². The minimum Gasteiger partial charge on any atom is -0.367 e. The summed E-state index contributed by atoms with van der Waals surface area (Å²) in [4.78, 5) is 10.9. The highest BCUT2D eigenvalue weighted by Crippen LogP contribution is 2.27. The summed E-state index contributed by atoms with van der Waals surface area (Å²) in [7, 11) is 0. The zero-order valence-electron chi connectivity index (χ0n) is 12.0. The van der Waals surface area contributed by atoms with Gasteiger partial charge in [-0.15, -0.1) is 0 Å². The zero-order chi connectivity index (χ0) is 13.9. The van der Waals surface area contributed by atoms with Crippen molar-refractivity contribution in [2.24, 2.45) is 0 Å². The lowest BCUT2D eigenvalue weighted by Crippen LogP contribution is -2.18. The summed E-state index contributed by atoms with van der Waals surface area (Å²) in [6.07, 6.45) is 4.13. The molecular formula is C16H20N4. The molecule has 0 unspecified atom stereocenters. The molecule has 1 aromatic carbocycles. The van der Waals surface area contributed by atoms with E-state index < -0.39 is 0 Å². The third kappa shape index (κ3) is 2.90. The predicted molar refractivity (Wildman–Crippen MR) is 82.5 cm³/mol. The van der Waals surface area contributed by atoms with E-state index in [-0.39, 0.29) is 0 Å². The first kappa shape index (κ1) is 12.9. The molecule has 1 aromatic heterocycles. The topological polar surface area (TPSA) is 41.0 Å². The molecule has 4 nitrogen and oxygen atoms in total. The van der Waals surface area contributed by atoms with Crippen molar-refractivity contribution in [3.63, 3.8) is 0 Å². The summed E-state index contributed by atoms with van der Waals surface area (Å²) >= 11 is 0. The van der Waals surface area contributed by atoms with Gasteiger partial charge >= 0.3 is 0 Å². The quantitative estimate of drug-likeness (QED) is 0.901. The summed E-state index contributed by atoms with van der Waals surface area (Å²) in [5, 5.41) is 3.42. The minimum atomic E-state index is 0.604. The van der Waals surface area contributed by atoms with Crippen molar-refractivity contribution in [1.82, 2.24) is 9.97 Å². The van der Waals surface area contributed by atoms with Crippen LogP contribution in [0.2, 0.25) is 0 Å². The fourth-order valence-electron chi connectivity index (χ4n) is 2.28. The first-order valence-electron chi connectivity index (χ1n) is 7.19. The van der Waals surface area contributed by atoms with Crippen molar-refractivity contribution >= 4 is 17.3 Å². The molecule has 1 heterocycles. The smallest absolute Gasteiger partial charge is 0.138 e. The maximum atomic E-state index is 4.42. The lowest BCUT2D eigenvalue weighted by Gasteiger charge is -2.22. The monoisotopic (exact) mass is 268 g/mol. The molecule has 0 bridgehead atoms. The normalized spacial score (nSPS) is 14.1. The Morgan fingerprint density at radius 2 is 2.10 bits per heavy atom. The third-order valence-electron chi connectivity index (χ3n) is 3.49. The van der Waals surface area contributed by atoms with Gasteiger partial charge in [0, 0.05) is 24.3 Å². The van der Waals surface area contributed by atoms with E-state index in [2.05, 4.69) is 58.3 Å². The average molecular weight is 268 g/mol. The molecule has 2 aromatic rings. The Morgan fingerprint density at radius 3 is 2.80 bits per heavy atom. The van der Waals surface area contributed by atoms with Crippen LogP contribution in [0.25, 0.3) is 0 Å². The van der Waals surface area contributed by atoms with Crippen molar-refractivity contribution in [3.8, 4) is 0 Å². The Bertz CT molecular complexity index is 593. The average Bonchev–Trinajstić information content (AvgIpc) is 3.24. The number of nitrogens with one attached hydrogen (secondary N) is 1. The fourth-order valence-corrected chi connectivity index (χ4v) is 2.28. The fraction of sp³-hybridized carbons (Fsp3) is 0.375. The van der Waals surface area contributed by atoms with E-state index in [1.807, 2.05) is 6.07 Å². The molecule has 0 spiro atoms. The van der Waals surface area contributed by atoms with Crippen LogP contribution in [-0.2, 0) is 0 Å². The van der Waals surface area contributed by atoms with E-state index in [1.54, 1.807) is 6.33 Å². The maximum Gasteiger partial charge on any atom is 0.138 e. The van der Waals surface area contributed by atoms with Crippen molar-refractivity contribution in [1.29, 1.82) is 0 Å². The number of benzene rings is 1. The first-order chi connectivity index (χ1) is 9.76. The van der Waals surface area contributed by atoms with Crippen LogP contribution in [0, 0.1) is 6.92 Å². The second-order valence-corrected chi connectivity index (χ2v) is 5.26. The van der Waals surface area contributed by atoms with Gasteiger partial charge in [0.1, 0.15) is 18.0 Å². The summed E-state index contributed by atoms with van der Waals surface area (Å²) in [5.41, 5.74) is 2.43. The molecule has 4 heteroatoms. The summed E-state index contributed by atoms with van der Waals surface area (Å²) in [6, 6.07) is 11.1. The molecule has 20 heavy (non-hydrogen) atoms. The highest BCUT2D eigenvalue weighted by Gasteiger charge is 2.21. The van der Waals surface area contributed by atoms with Crippen molar-refractivity contribution in [3.05, 3.63) is 42.2 Å². The van der Waals surface area contributed by atoms with E-state index in [0.29, 0.717) is 6.04 Å². The van der Waals surface area contributed by atoms with Crippen LogP contribution in [0.1, 0.15) is 25.3 Å². The van der Waals surface area contributed by atoms with Gasteiger partial charge in [0.15, 0.2) is 0 Å². The Morgan fingerprint density at radius 1 is 1.25 bits per heavy atom. The minimum absolute atomic E-state index is 0.604. The molecule has 1 aliphatic carbocycles. The number of aromatic nitrogens is 2. The van der Waals surface area contributed by atoms with Crippen LogP contribution in [-0.4, -0.2) is 22.6 Å². The second-order valence-electron chi connectivity index (χ2n) is 5.26. The molecule has 1 saturated carbocycles. The van der Waals surface area contributed by atoms with Crippen LogP contribution < -0.4 is 10.2 Å². The molecule has 3 rings (SSSR count). The number of anilines is 3.